The number of rotatable bonds is 11. The van der Waals surface area contributed by atoms with Gasteiger partial charge in [0.2, 0.25) is 0 Å². The molecule has 6 nitrogen and oxygen atoms in total. The number of hydrogen-bond donors (Lipinski definition) is 2. The summed E-state index contributed by atoms with van der Waals surface area (Å²) in [4.78, 5) is 33.4. The van der Waals surface area contributed by atoms with Crippen LogP contribution in [0, 0.1) is 5.92 Å². The van der Waals surface area contributed by atoms with Gasteiger partial charge in [-0.1, -0.05) is 31.9 Å². The number of ether oxygens (including phenoxy) is 1. The standard InChI is InChI=1S/C18H24O6/c1-13(8-6-11-16(19)20)7-4-5-12-24-18(23)15-10-3-2-9-14(15)17(21)22/h2-3,9-10,13H,4-8,11-12H2,1H3,(H,19,20)(H,21,22). The maximum absolute atomic E-state index is 11.9. The molecule has 6 heteroatoms. The van der Waals surface area contributed by atoms with Gasteiger partial charge in [0, 0.05) is 6.42 Å². The normalized spacial score (nSPS) is 11.7. The highest BCUT2D eigenvalue weighted by Gasteiger charge is 2.16. The van der Waals surface area contributed by atoms with Gasteiger partial charge in [-0.2, -0.15) is 0 Å². The zero-order valence-electron chi connectivity index (χ0n) is 13.9. The van der Waals surface area contributed by atoms with Crippen molar-refractivity contribution in [2.24, 2.45) is 5.92 Å². The molecule has 0 bridgehead atoms. The monoisotopic (exact) mass is 336 g/mol. The van der Waals surface area contributed by atoms with Gasteiger partial charge in [-0.05, 0) is 37.3 Å². The zero-order chi connectivity index (χ0) is 17.9. The third kappa shape index (κ3) is 7.26. The van der Waals surface area contributed by atoms with Crippen molar-refractivity contribution in [1.29, 1.82) is 0 Å². The number of carboxylic acids is 2. The van der Waals surface area contributed by atoms with Crippen LogP contribution in [0.2, 0.25) is 0 Å². The van der Waals surface area contributed by atoms with Gasteiger partial charge >= 0.3 is 17.9 Å². The van der Waals surface area contributed by atoms with E-state index in [1.54, 1.807) is 12.1 Å². The third-order valence-electron chi connectivity index (χ3n) is 3.79. The molecule has 1 aromatic rings. The van der Waals surface area contributed by atoms with Gasteiger partial charge in [0.05, 0.1) is 17.7 Å². The lowest BCUT2D eigenvalue weighted by Crippen LogP contribution is -2.12. The van der Waals surface area contributed by atoms with Crippen molar-refractivity contribution in [3.05, 3.63) is 35.4 Å². The van der Waals surface area contributed by atoms with Gasteiger partial charge in [-0.15, -0.1) is 0 Å². The fourth-order valence-electron chi connectivity index (χ4n) is 2.43. The number of carbonyl (C=O) groups excluding carboxylic acids is 1. The average Bonchev–Trinajstić information content (AvgIpc) is 2.53. The molecule has 132 valence electrons. The molecule has 0 aliphatic rings. The van der Waals surface area contributed by atoms with E-state index in [0.29, 0.717) is 18.8 Å². The van der Waals surface area contributed by atoms with E-state index in [4.69, 9.17) is 14.9 Å². The maximum atomic E-state index is 11.9. The Morgan fingerprint density at radius 3 is 2.25 bits per heavy atom. The number of hydrogen-bond acceptors (Lipinski definition) is 4. The Bertz CT molecular complexity index is 566. The summed E-state index contributed by atoms with van der Waals surface area (Å²) in [6.45, 7) is 2.32. The van der Waals surface area contributed by atoms with Crippen molar-refractivity contribution < 1.29 is 29.3 Å². The molecule has 0 saturated carbocycles. The molecule has 1 aromatic carbocycles. The lowest BCUT2D eigenvalue weighted by Gasteiger charge is -2.11. The predicted octanol–water partition coefficient (Wildman–Crippen LogP) is 3.60. The van der Waals surface area contributed by atoms with Crippen molar-refractivity contribution >= 4 is 17.9 Å². The molecule has 0 radical (unpaired) electrons. The summed E-state index contributed by atoms with van der Waals surface area (Å²) in [5, 5.41) is 17.6. The van der Waals surface area contributed by atoms with Crippen molar-refractivity contribution in [2.75, 3.05) is 6.61 Å². The number of esters is 1. The van der Waals surface area contributed by atoms with Gasteiger partial charge in [0.15, 0.2) is 0 Å². The lowest BCUT2D eigenvalue weighted by atomic mass is 9.98. The summed E-state index contributed by atoms with van der Waals surface area (Å²) in [6, 6.07) is 5.97. The van der Waals surface area contributed by atoms with Gasteiger partial charge in [0.1, 0.15) is 0 Å². The molecule has 0 aliphatic heterocycles. The third-order valence-corrected chi connectivity index (χ3v) is 3.79. The Balaban J connectivity index is 2.25. The SMILES string of the molecule is CC(CCCCOC(=O)c1ccccc1C(=O)O)CCCC(=O)O. The van der Waals surface area contributed by atoms with E-state index in [1.807, 2.05) is 0 Å². The van der Waals surface area contributed by atoms with Crippen LogP contribution in [0.5, 0.6) is 0 Å². The Hall–Kier alpha value is -2.37. The van der Waals surface area contributed by atoms with E-state index in [9.17, 15) is 14.4 Å². The lowest BCUT2D eigenvalue weighted by molar-refractivity contribution is -0.137. The number of carboxylic acid groups (broad SMARTS) is 2. The number of aliphatic carboxylic acids is 1. The van der Waals surface area contributed by atoms with E-state index in [1.165, 1.54) is 12.1 Å². The van der Waals surface area contributed by atoms with Crippen LogP contribution in [0.1, 0.15) is 66.2 Å². The second kappa shape index (κ2) is 10.4. The Kier molecular flexibility index (Phi) is 8.54. The molecule has 0 aliphatic carbocycles. The number of carbonyl (C=O) groups is 3. The summed E-state index contributed by atoms with van der Waals surface area (Å²) in [5.41, 5.74) is 0.00147. The first-order valence-electron chi connectivity index (χ1n) is 8.13. The second-order valence-corrected chi connectivity index (χ2v) is 5.87. The van der Waals surface area contributed by atoms with Gasteiger partial charge in [-0.3, -0.25) is 4.79 Å². The van der Waals surface area contributed by atoms with E-state index in [0.717, 1.165) is 19.3 Å². The summed E-state index contributed by atoms with van der Waals surface area (Å²) in [6.07, 6.45) is 4.27. The minimum absolute atomic E-state index is 0.0606. The molecule has 2 N–H and O–H groups in total. The van der Waals surface area contributed by atoms with E-state index in [-0.39, 0.29) is 24.2 Å². The van der Waals surface area contributed by atoms with Crippen LogP contribution in [-0.4, -0.2) is 34.7 Å². The summed E-state index contributed by atoms with van der Waals surface area (Å²) < 4.78 is 5.13. The van der Waals surface area contributed by atoms with Crippen LogP contribution in [0.4, 0.5) is 0 Å². The Labute approximate surface area is 141 Å². The highest BCUT2D eigenvalue weighted by Crippen LogP contribution is 2.16. The fourth-order valence-corrected chi connectivity index (χ4v) is 2.43. The van der Waals surface area contributed by atoms with E-state index < -0.39 is 17.9 Å². The molecule has 1 atom stereocenters. The van der Waals surface area contributed by atoms with Crippen molar-refractivity contribution in [2.45, 2.75) is 45.4 Å². The number of benzene rings is 1. The van der Waals surface area contributed by atoms with E-state index >= 15 is 0 Å². The molecule has 1 rings (SSSR count). The van der Waals surface area contributed by atoms with Crippen molar-refractivity contribution in [3.8, 4) is 0 Å². The first kappa shape index (κ1) is 19.7. The Morgan fingerprint density at radius 1 is 1.00 bits per heavy atom. The topological polar surface area (TPSA) is 101 Å². The summed E-state index contributed by atoms with van der Waals surface area (Å²) in [7, 11) is 0. The first-order valence-corrected chi connectivity index (χ1v) is 8.13. The minimum Gasteiger partial charge on any atom is -0.481 e. The van der Waals surface area contributed by atoms with Crippen LogP contribution in [0.25, 0.3) is 0 Å². The second-order valence-electron chi connectivity index (χ2n) is 5.87. The smallest absolute Gasteiger partial charge is 0.339 e. The molecular formula is C18H24O6. The van der Waals surface area contributed by atoms with Gasteiger partial charge < -0.3 is 14.9 Å². The molecule has 0 amide bonds. The summed E-state index contributed by atoms with van der Waals surface area (Å²) in [5.74, 6) is -2.11. The number of aromatic carboxylic acids is 1. The highest BCUT2D eigenvalue weighted by atomic mass is 16.5. The molecule has 0 heterocycles. The van der Waals surface area contributed by atoms with Crippen molar-refractivity contribution in [3.63, 3.8) is 0 Å². The van der Waals surface area contributed by atoms with Crippen LogP contribution in [-0.2, 0) is 9.53 Å². The van der Waals surface area contributed by atoms with Crippen LogP contribution < -0.4 is 0 Å². The fraction of sp³-hybridized carbons (Fsp3) is 0.500. The van der Waals surface area contributed by atoms with Gasteiger partial charge in [0.25, 0.3) is 0 Å². The number of unbranched alkanes of at least 4 members (excludes halogenated alkanes) is 1. The Morgan fingerprint density at radius 2 is 1.62 bits per heavy atom. The maximum Gasteiger partial charge on any atom is 0.339 e. The zero-order valence-corrected chi connectivity index (χ0v) is 13.9. The molecular weight excluding hydrogens is 312 g/mol. The average molecular weight is 336 g/mol. The van der Waals surface area contributed by atoms with Crippen LogP contribution in [0.3, 0.4) is 0 Å². The van der Waals surface area contributed by atoms with Gasteiger partial charge in [-0.25, -0.2) is 9.59 Å². The van der Waals surface area contributed by atoms with Crippen LogP contribution in [0.15, 0.2) is 24.3 Å². The molecule has 0 saturated heterocycles. The summed E-state index contributed by atoms with van der Waals surface area (Å²) >= 11 is 0. The molecule has 0 fully saturated rings. The molecule has 24 heavy (non-hydrogen) atoms. The van der Waals surface area contributed by atoms with E-state index in [2.05, 4.69) is 6.92 Å². The largest absolute Gasteiger partial charge is 0.481 e. The quantitative estimate of drug-likeness (QED) is 0.473. The first-order chi connectivity index (χ1) is 11.4. The molecule has 0 aromatic heterocycles. The molecule has 1 unspecified atom stereocenters. The van der Waals surface area contributed by atoms with Crippen molar-refractivity contribution in [1.82, 2.24) is 0 Å². The van der Waals surface area contributed by atoms with Crippen LogP contribution >= 0.6 is 0 Å². The molecule has 0 spiro atoms. The minimum atomic E-state index is -1.15. The highest BCUT2D eigenvalue weighted by molar-refractivity contribution is 6.02. The predicted molar refractivity (Wildman–Crippen MR) is 88.2 cm³/mol.